The Bertz CT molecular complexity index is 695. The first-order valence-corrected chi connectivity index (χ1v) is 8.40. The maximum absolute atomic E-state index is 13.0. The molecular formula is C17H20F3N3O3. The fourth-order valence-corrected chi connectivity index (χ4v) is 3.36. The Morgan fingerprint density at radius 3 is 2.65 bits per heavy atom. The predicted octanol–water partition coefficient (Wildman–Crippen LogP) is 1.54. The van der Waals surface area contributed by atoms with E-state index in [0.29, 0.717) is 24.4 Å². The van der Waals surface area contributed by atoms with E-state index >= 15 is 0 Å². The number of carbonyl (C=O) groups excluding carboxylic acids is 2. The second-order valence-corrected chi connectivity index (χ2v) is 6.60. The molecule has 0 saturated carbocycles. The Labute approximate surface area is 148 Å². The van der Waals surface area contributed by atoms with Gasteiger partial charge in [0.15, 0.2) is 6.10 Å². The summed E-state index contributed by atoms with van der Waals surface area (Å²) in [5.41, 5.74) is 5.79. The van der Waals surface area contributed by atoms with Gasteiger partial charge in [0.25, 0.3) is 5.91 Å². The molecule has 0 aromatic heterocycles. The number of anilines is 1. The summed E-state index contributed by atoms with van der Waals surface area (Å²) in [7, 11) is 0. The lowest BCUT2D eigenvalue weighted by Gasteiger charge is -2.37. The molecule has 2 aliphatic heterocycles. The van der Waals surface area contributed by atoms with Crippen LogP contribution in [0.5, 0.6) is 5.75 Å². The summed E-state index contributed by atoms with van der Waals surface area (Å²) in [5, 5.41) is 0. The van der Waals surface area contributed by atoms with Gasteiger partial charge in [0, 0.05) is 6.54 Å². The molecule has 2 amide bonds. The molecular weight excluding hydrogens is 351 g/mol. The summed E-state index contributed by atoms with van der Waals surface area (Å²) >= 11 is 0. The monoisotopic (exact) mass is 371 g/mol. The normalized spacial score (nSPS) is 23.9. The number of piperidine rings is 1. The van der Waals surface area contributed by atoms with Gasteiger partial charge >= 0.3 is 6.18 Å². The van der Waals surface area contributed by atoms with Gasteiger partial charge in [-0.25, -0.2) is 0 Å². The summed E-state index contributed by atoms with van der Waals surface area (Å²) in [6, 6.07) is 6.70. The molecule has 2 aliphatic rings. The SMILES string of the molecule is NC(=O)[C@H]1CN(C(=O)CN2CCC[C@@H](C(F)(F)F)C2)c2ccccc2O1. The third-order valence-corrected chi connectivity index (χ3v) is 4.72. The number of hydrogen-bond donors (Lipinski definition) is 1. The third-order valence-electron chi connectivity index (χ3n) is 4.72. The van der Waals surface area contributed by atoms with Gasteiger partial charge in [0.05, 0.1) is 24.7 Å². The van der Waals surface area contributed by atoms with Gasteiger partial charge in [0.1, 0.15) is 5.75 Å². The molecule has 2 atom stereocenters. The molecule has 9 heteroatoms. The van der Waals surface area contributed by atoms with E-state index in [1.165, 1.54) is 9.80 Å². The number of likely N-dealkylation sites (tertiary alicyclic amines) is 1. The van der Waals surface area contributed by atoms with Crippen molar-refractivity contribution in [2.24, 2.45) is 11.7 Å². The van der Waals surface area contributed by atoms with Crippen molar-refractivity contribution >= 4 is 17.5 Å². The molecule has 0 unspecified atom stereocenters. The number of amides is 2. The van der Waals surface area contributed by atoms with E-state index in [4.69, 9.17) is 10.5 Å². The topological polar surface area (TPSA) is 75.9 Å². The summed E-state index contributed by atoms with van der Waals surface area (Å²) in [4.78, 5) is 27.1. The van der Waals surface area contributed by atoms with Gasteiger partial charge in [-0.05, 0) is 31.5 Å². The maximum atomic E-state index is 13.0. The summed E-state index contributed by atoms with van der Waals surface area (Å²) < 4.78 is 44.4. The summed E-state index contributed by atoms with van der Waals surface area (Å²) in [6.45, 7) is 0.0398. The van der Waals surface area contributed by atoms with Crippen molar-refractivity contribution in [3.05, 3.63) is 24.3 Å². The fraction of sp³-hybridized carbons (Fsp3) is 0.529. The number of halogens is 3. The molecule has 6 nitrogen and oxygen atoms in total. The molecule has 142 valence electrons. The second kappa shape index (κ2) is 7.14. The highest BCUT2D eigenvalue weighted by Crippen LogP contribution is 2.35. The van der Waals surface area contributed by atoms with Gasteiger partial charge < -0.3 is 15.4 Å². The van der Waals surface area contributed by atoms with Crippen molar-refractivity contribution in [3.8, 4) is 5.75 Å². The van der Waals surface area contributed by atoms with Crippen LogP contribution in [-0.2, 0) is 9.59 Å². The van der Waals surface area contributed by atoms with E-state index in [1.54, 1.807) is 24.3 Å². The lowest BCUT2D eigenvalue weighted by molar-refractivity contribution is -0.187. The first kappa shape index (κ1) is 18.5. The second-order valence-electron chi connectivity index (χ2n) is 6.60. The number of benzene rings is 1. The smallest absolute Gasteiger partial charge is 0.393 e. The van der Waals surface area contributed by atoms with E-state index in [1.807, 2.05) is 0 Å². The van der Waals surface area contributed by atoms with Crippen LogP contribution in [0.3, 0.4) is 0 Å². The lowest BCUT2D eigenvalue weighted by Crippen LogP contribution is -2.52. The minimum Gasteiger partial charge on any atom is -0.477 e. The molecule has 1 saturated heterocycles. The Morgan fingerprint density at radius 2 is 1.96 bits per heavy atom. The van der Waals surface area contributed by atoms with E-state index < -0.39 is 24.1 Å². The lowest BCUT2D eigenvalue weighted by atomic mass is 9.97. The van der Waals surface area contributed by atoms with Gasteiger partial charge in [-0.3, -0.25) is 14.5 Å². The largest absolute Gasteiger partial charge is 0.477 e. The Hall–Kier alpha value is -2.29. The molecule has 1 aromatic carbocycles. The number of nitrogens with two attached hydrogens (primary N) is 1. The fourth-order valence-electron chi connectivity index (χ4n) is 3.36. The van der Waals surface area contributed by atoms with Gasteiger partial charge in [-0.1, -0.05) is 12.1 Å². The molecule has 1 fully saturated rings. The molecule has 0 radical (unpaired) electrons. The number of ether oxygens (including phenoxy) is 1. The molecule has 0 spiro atoms. The first-order chi connectivity index (χ1) is 12.3. The van der Waals surface area contributed by atoms with Crippen LogP contribution in [-0.4, -0.2) is 55.2 Å². The Balaban J connectivity index is 1.73. The van der Waals surface area contributed by atoms with Crippen molar-refractivity contribution in [1.82, 2.24) is 4.90 Å². The Morgan fingerprint density at radius 1 is 1.23 bits per heavy atom. The average Bonchev–Trinajstić information content (AvgIpc) is 2.60. The highest BCUT2D eigenvalue weighted by atomic mass is 19.4. The van der Waals surface area contributed by atoms with Crippen LogP contribution in [0.2, 0.25) is 0 Å². The van der Waals surface area contributed by atoms with Crippen LogP contribution in [0, 0.1) is 5.92 Å². The van der Waals surface area contributed by atoms with Crippen LogP contribution in [0.4, 0.5) is 18.9 Å². The summed E-state index contributed by atoms with van der Waals surface area (Å²) in [5.74, 6) is -2.15. The maximum Gasteiger partial charge on any atom is 0.393 e. The van der Waals surface area contributed by atoms with E-state index in [9.17, 15) is 22.8 Å². The number of primary amides is 1. The van der Waals surface area contributed by atoms with Gasteiger partial charge in [-0.2, -0.15) is 13.2 Å². The van der Waals surface area contributed by atoms with Crippen molar-refractivity contribution < 1.29 is 27.5 Å². The highest BCUT2D eigenvalue weighted by molar-refractivity contribution is 5.98. The standard InChI is InChI=1S/C17H20F3N3O3/c18-17(19,20)11-4-3-7-22(8-11)10-15(24)23-9-14(16(21)25)26-13-6-2-1-5-12(13)23/h1-2,5-6,11,14H,3-4,7-10H2,(H2,21,25)/t11-,14-/m1/s1. The van der Waals surface area contributed by atoms with Crippen LogP contribution < -0.4 is 15.4 Å². The summed E-state index contributed by atoms with van der Waals surface area (Å²) in [6.07, 6.45) is -4.78. The molecule has 1 aromatic rings. The van der Waals surface area contributed by atoms with Crippen LogP contribution >= 0.6 is 0 Å². The van der Waals surface area contributed by atoms with Gasteiger partial charge in [-0.15, -0.1) is 0 Å². The van der Waals surface area contributed by atoms with Crippen LogP contribution in [0.15, 0.2) is 24.3 Å². The quantitative estimate of drug-likeness (QED) is 0.875. The minimum atomic E-state index is -4.26. The van der Waals surface area contributed by atoms with Crippen molar-refractivity contribution in [1.29, 1.82) is 0 Å². The molecule has 0 aliphatic carbocycles. The van der Waals surface area contributed by atoms with E-state index in [2.05, 4.69) is 0 Å². The number of hydrogen-bond acceptors (Lipinski definition) is 4. The zero-order chi connectivity index (χ0) is 18.9. The predicted molar refractivity (Wildman–Crippen MR) is 87.6 cm³/mol. The number of fused-ring (bicyclic) bond motifs is 1. The number of rotatable bonds is 3. The minimum absolute atomic E-state index is 0.0538. The number of para-hydroxylation sites is 2. The molecule has 2 heterocycles. The third kappa shape index (κ3) is 3.92. The van der Waals surface area contributed by atoms with E-state index in [-0.39, 0.29) is 32.0 Å². The number of alkyl halides is 3. The molecule has 2 N–H and O–H groups in total. The molecule has 26 heavy (non-hydrogen) atoms. The number of carbonyl (C=O) groups is 2. The zero-order valence-electron chi connectivity index (χ0n) is 14.0. The van der Waals surface area contributed by atoms with E-state index in [0.717, 1.165) is 0 Å². The Kier molecular flexibility index (Phi) is 5.08. The highest BCUT2D eigenvalue weighted by Gasteiger charge is 2.42. The van der Waals surface area contributed by atoms with Crippen molar-refractivity contribution in [2.75, 3.05) is 31.1 Å². The van der Waals surface area contributed by atoms with Crippen molar-refractivity contribution in [3.63, 3.8) is 0 Å². The van der Waals surface area contributed by atoms with Crippen LogP contribution in [0.25, 0.3) is 0 Å². The van der Waals surface area contributed by atoms with Gasteiger partial charge in [0.2, 0.25) is 5.91 Å². The number of nitrogens with zero attached hydrogens (tertiary/aromatic N) is 2. The average molecular weight is 371 g/mol. The first-order valence-electron chi connectivity index (χ1n) is 8.40. The van der Waals surface area contributed by atoms with Crippen LogP contribution in [0.1, 0.15) is 12.8 Å². The van der Waals surface area contributed by atoms with Crippen molar-refractivity contribution in [2.45, 2.75) is 25.1 Å². The molecule has 3 rings (SSSR count). The zero-order valence-corrected chi connectivity index (χ0v) is 14.0. The molecule has 0 bridgehead atoms.